The van der Waals surface area contributed by atoms with E-state index in [1.54, 1.807) is 0 Å². The third-order valence-electron chi connectivity index (χ3n) is 2.18. The lowest BCUT2D eigenvalue weighted by Gasteiger charge is -2.03. The van der Waals surface area contributed by atoms with Crippen molar-refractivity contribution in [3.05, 3.63) is 52.1 Å². The predicted molar refractivity (Wildman–Crippen MR) is 65.8 cm³/mol. The molecule has 1 aromatic carbocycles. The minimum absolute atomic E-state index is 0.0285. The summed E-state index contributed by atoms with van der Waals surface area (Å²) in [6, 6.07) is 5.49. The van der Waals surface area contributed by atoms with Crippen molar-refractivity contribution in [1.29, 1.82) is 0 Å². The molecule has 0 spiro atoms. The lowest BCUT2D eigenvalue weighted by molar-refractivity contribution is -0.384. The van der Waals surface area contributed by atoms with Crippen molar-refractivity contribution in [3.8, 4) is 0 Å². The minimum Gasteiger partial charge on any atom is -0.378 e. The molecule has 0 bridgehead atoms. The maximum Gasteiger partial charge on any atom is 0.311 e. The average Bonchev–Trinajstić information content (AvgIpc) is 2.33. The first-order chi connectivity index (χ1) is 8.97. The molecule has 1 heterocycles. The maximum atomic E-state index is 13.4. The molecule has 0 radical (unpaired) electrons. The van der Waals surface area contributed by atoms with Gasteiger partial charge in [-0.05, 0) is 24.3 Å². The Morgan fingerprint density at radius 3 is 2.63 bits per heavy atom. The van der Waals surface area contributed by atoms with Crippen LogP contribution in [0.25, 0.3) is 0 Å². The Kier molecular flexibility index (Phi) is 3.61. The number of nitro groups is 1. The molecule has 0 atom stereocenters. The maximum absolute atomic E-state index is 13.4. The molecule has 0 fully saturated rings. The van der Waals surface area contributed by atoms with Crippen molar-refractivity contribution in [2.24, 2.45) is 0 Å². The Hall–Kier alpha value is -2.22. The quantitative estimate of drug-likeness (QED) is 0.691. The molecule has 1 aromatic heterocycles. The summed E-state index contributed by atoms with van der Waals surface area (Å²) < 4.78 is 26.4. The Morgan fingerprint density at radius 1 is 1.26 bits per heavy atom. The van der Waals surface area contributed by atoms with Crippen LogP contribution in [0.4, 0.5) is 20.3 Å². The number of halogens is 2. The van der Waals surface area contributed by atoms with Crippen LogP contribution in [-0.2, 0) is 0 Å². The molecule has 0 saturated carbocycles. The largest absolute Gasteiger partial charge is 0.378 e. The monoisotopic (exact) mass is 283 g/mol. The van der Waals surface area contributed by atoms with Crippen molar-refractivity contribution < 1.29 is 13.7 Å². The van der Waals surface area contributed by atoms with Crippen LogP contribution in [0, 0.1) is 21.7 Å². The summed E-state index contributed by atoms with van der Waals surface area (Å²) in [5.41, 5.74) is 5.08. The zero-order valence-corrected chi connectivity index (χ0v) is 10.2. The molecule has 2 aromatic rings. The number of hydrogen-bond acceptors (Lipinski definition) is 5. The molecule has 0 aliphatic rings. The zero-order chi connectivity index (χ0) is 14.0. The van der Waals surface area contributed by atoms with Gasteiger partial charge in [-0.15, -0.1) is 0 Å². The lowest BCUT2D eigenvalue weighted by Crippen LogP contribution is -1.99. The normalized spacial score (nSPS) is 10.4. The molecule has 0 unspecified atom stereocenters. The molecule has 0 aliphatic carbocycles. The second kappa shape index (κ2) is 5.19. The van der Waals surface area contributed by atoms with Gasteiger partial charge in [0.25, 0.3) is 0 Å². The molecule has 2 N–H and O–H groups in total. The smallest absolute Gasteiger partial charge is 0.311 e. The van der Waals surface area contributed by atoms with E-state index >= 15 is 0 Å². The van der Waals surface area contributed by atoms with Gasteiger partial charge < -0.3 is 5.73 Å². The fourth-order valence-corrected chi connectivity index (χ4v) is 2.17. The predicted octanol–water partition coefficient (Wildman–Crippen LogP) is 3.00. The standard InChI is InChI=1S/C11H7F2N3O2S/c12-6-1-2-7(13)9(5-6)19-10-4-3-8(16(17)18)11(14)15-10/h1-5H,(H2,14,15). The van der Waals surface area contributed by atoms with Gasteiger partial charge in [-0.25, -0.2) is 13.8 Å². The van der Waals surface area contributed by atoms with Crippen LogP contribution in [0.1, 0.15) is 0 Å². The number of nitrogens with two attached hydrogens (primary N) is 1. The molecule has 2 rings (SSSR count). The van der Waals surface area contributed by atoms with Crippen molar-refractivity contribution >= 4 is 23.3 Å². The molecule has 98 valence electrons. The van der Waals surface area contributed by atoms with E-state index in [4.69, 9.17) is 5.73 Å². The van der Waals surface area contributed by atoms with Gasteiger partial charge >= 0.3 is 5.69 Å². The van der Waals surface area contributed by atoms with E-state index in [-0.39, 0.29) is 21.4 Å². The molecule has 0 saturated heterocycles. The fraction of sp³-hybridized carbons (Fsp3) is 0. The van der Waals surface area contributed by atoms with Gasteiger partial charge in [-0.2, -0.15) is 0 Å². The van der Waals surface area contributed by atoms with Crippen molar-refractivity contribution in [2.45, 2.75) is 9.92 Å². The van der Waals surface area contributed by atoms with E-state index in [1.165, 1.54) is 12.1 Å². The second-order valence-corrected chi connectivity index (χ2v) is 4.55. The number of nitrogens with zero attached hydrogens (tertiary/aromatic N) is 2. The van der Waals surface area contributed by atoms with Crippen LogP contribution in [0.3, 0.4) is 0 Å². The first-order valence-corrected chi connectivity index (χ1v) is 5.83. The van der Waals surface area contributed by atoms with Crippen LogP contribution < -0.4 is 5.73 Å². The molecule has 19 heavy (non-hydrogen) atoms. The summed E-state index contributed by atoms with van der Waals surface area (Å²) in [4.78, 5) is 13.7. The van der Waals surface area contributed by atoms with E-state index in [1.807, 2.05) is 0 Å². The van der Waals surface area contributed by atoms with E-state index in [2.05, 4.69) is 4.98 Å². The number of aromatic nitrogens is 1. The number of benzene rings is 1. The zero-order valence-electron chi connectivity index (χ0n) is 9.34. The summed E-state index contributed by atoms with van der Waals surface area (Å²) in [7, 11) is 0. The molecular formula is C11H7F2N3O2S. The number of nitrogen functional groups attached to an aromatic ring is 1. The summed E-state index contributed by atoms with van der Waals surface area (Å²) in [6.07, 6.45) is 0. The number of rotatable bonds is 3. The number of anilines is 1. The van der Waals surface area contributed by atoms with Gasteiger partial charge in [0, 0.05) is 6.07 Å². The summed E-state index contributed by atoms with van der Waals surface area (Å²) >= 11 is 0.834. The Morgan fingerprint density at radius 2 is 2.00 bits per heavy atom. The van der Waals surface area contributed by atoms with Gasteiger partial charge in [-0.3, -0.25) is 10.1 Å². The highest BCUT2D eigenvalue weighted by Gasteiger charge is 2.14. The van der Waals surface area contributed by atoms with Crippen LogP contribution in [-0.4, -0.2) is 9.91 Å². The minimum atomic E-state index is -0.667. The fourth-order valence-electron chi connectivity index (χ4n) is 1.33. The van der Waals surface area contributed by atoms with Crippen molar-refractivity contribution in [3.63, 3.8) is 0 Å². The highest BCUT2D eigenvalue weighted by atomic mass is 32.2. The van der Waals surface area contributed by atoms with Crippen molar-refractivity contribution in [1.82, 2.24) is 4.98 Å². The third kappa shape index (κ3) is 2.97. The van der Waals surface area contributed by atoms with Gasteiger partial charge in [0.1, 0.15) is 16.7 Å². The van der Waals surface area contributed by atoms with Gasteiger partial charge in [0.15, 0.2) is 0 Å². The second-order valence-electron chi connectivity index (χ2n) is 3.49. The molecule has 5 nitrogen and oxygen atoms in total. The van der Waals surface area contributed by atoms with Crippen LogP contribution in [0.15, 0.2) is 40.3 Å². The van der Waals surface area contributed by atoms with Gasteiger partial charge in [-0.1, -0.05) is 11.8 Å². The summed E-state index contributed by atoms with van der Waals surface area (Å²) in [6.45, 7) is 0. The molecule has 0 amide bonds. The van der Waals surface area contributed by atoms with Crippen LogP contribution in [0.5, 0.6) is 0 Å². The summed E-state index contributed by atoms with van der Waals surface area (Å²) in [5.74, 6) is -1.46. The van der Waals surface area contributed by atoms with E-state index in [0.29, 0.717) is 0 Å². The topological polar surface area (TPSA) is 82.0 Å². The van der Waals surface area contributed by atoms with E-state index in [0.717, 1.165) is 30.0 Å². The van der Waals surface area contributed by atoms with E-state index < -0.39 is 16.6 Å². The molecule has 0 aliphatic heterocycles. The van der Waals surface area contributed by atoms with Crippen LogP contribution >= 0.6 is 11.8 Å². The highest BCUT2D eigenvalue weighted by molar-refractivity contribution is 7.99. The Labute approximate surface area is 110 Å². The first-order valence-electron chi connectivity index (χ1n) is 5.01. The Bertz CT molecular complexity index is 652. The third-order valence-corrected chi connectivity index (χ3v) is 3.15. The summed E-state index contributed by atoms with van der Waals surface area (Å²) in [5, 5.41) is 10.8. The lowest BCUT2D eigenvalue weighted by atomic mass is 10.3. The van der Waals surface area contributed by atoms with Gasteiger partial charge in [0.05, 0.1) is 9.82 Å². The average molecular weight is 283 g/mol. The Balaban J connectivity index is 2.31. The number of hydrogen-bond donors (Lipinski definition) is 1. The van der Waals surface area contributed by atoms with Crippen molar-refractivity contribution in [2.75, 3.05) is 5.73 Å². The first kappa shape index (κ1) is 13.2. The highest BCUT2D eigenvalue weighted by Crippen LogP contribution is 2.31. The SMILES string of the molecule is Nc1nc(Sc2cc(F)ccc2F)ccc1[N+](=O)[O-]. The van der Waals surface area contributed by atoms with Crippen LogP contribution in [0.2, 0.25) is 0 Å². The van der Waals surface area contributed by atoms with Gasteiger partial charge in [0.2, 0.25) is 5.82 Å². The molecule has 8 heteroatoms. The van der Waals surface area contributed by atoms with E-state index in [9.17, 15) is 18.9 Å². The number of pyridine rings is 1. The molecular weight excluding hydrogens is 276 g/mol.